The molecule has 2 aromatic rings. The molecular formula is C15H12Cl2OS. The Morgan fingerprint density at radius 3 is 2.47 bits per heavy atom. The summed E-state index contributed by atoms with van der Waals surface area (Å²) >= 11 is 13.4. The van der Waals surface area contributed by atoms with E-state index in [1.165, 1.54) is 17.3 Å². The first-order valence-corrected chi connectivity index (χ1v) is 7.49. The first-order valence-electron chi connectivity index (χ1n) is 5.74. The highest BCUT2D eigenvalue weighted by atomic mass is 35.5. The third kappa shape index (κ3) is 3.75. The lowest BCUT2D eigenvalue weighted by atomic mass is 10.1. The highest BCUT2D eigenvalue weighted by molar-refractivity contribution is 8.00. The van der Waals surface area contributed by atoms with Gasteiger partial charge in [-0.3, -0.25) is 4.79 Å². The quantitative estimate of drug-likeness (QED) is 0.564. The second kappa shape index (κ2) is 6.47. The lowest BCUT2D eigenvalue weighted by Gasteiger charge is -2.05. The van der Waals surface area contributed by atoms with Crippen molar-refractivity contribution >= 4 is 40.7 Å². The predicted octanol–water partition coefficient (Wildman–Crippen LogP) is 5.28. The molecule has 0 radical (unpaired) electrons. The Kier molecular flexibility index (Phi) is 4.92. The molecular weight excluding hydrogens is 299 g/mol. The van der Waals surface area contributed by atoms with Crippen molar-refractivity contribution in [2.24, 2.45) is 0 Å². The Labute approximate surface area is 126 Å². The van der Waals surface area contributed by atoms with Gasteiger partial charge >= 0.3 is 0 Å². The first kappa shape index (κ1) is 14.4. The van der Waals surface area contributed by atoms with Crippen molar-refractivity contribution in [1.82, 2.24) is 0 Å². The second-order valence-electron chi connectivity index (χ2n) is 4.13. The summed E-state index contributed by atoms with van der Waals surface area (Å²) in [5.41, 5.74) is 1.68. The van der Waals surface area contributed by atoms with Gasteiger partial charge in [-0.15, -0.1) is 11.8 Å². The number of benzene rings is 2. The summed E-state index contributed by atoms with van der Waals surface area (Å²) in [6, 6.07) is 13.2. The minimum Gasteiger partial charge on any atom is -0.293 e. The summed E-state index contributed by atoms with van der Waals surface area (Å²) in [6.45, 7) is 2.03. The molecule has 0 N–H and O–H groups in total. The van der Waals surface area contributed by atoms with Gasteiger partial charge in [-0.05, 0) is 31.2 Å². The summed E-state index contributed by atoms with van der Waals surface area (Å²) in [4.78, 5) is 13.2. The molecule has 0 heterocycles. The first-order chi connectivity index (χ1) is 9.08. The normalized spacial score (nSPS) is 10.5. The van der Waals surface area contributed by atoms with E-state index in [1.807, 2.05) is 31.2 Å². The fourth-order valence-corrected chi connectivity index (χ4v) is 2.77. The van der Waals surface area contributed by atoms with Crippen LogP contribution in [0.2, 0.25) is 10.0 Å². The number of halogens is 2. The van der Waals surface area contributed by atoms with E-state index in [2.05, 4.69) is 0 Å². The zero-order valence-electron chi connectivity index (χ0n) is 10.3. The van der Waals surface area contributed by atoms with Crippen molar-refractivity contribution in [3.8, 4) is 0 Å². The summed E-state index contributed by atoms with van der Waals surface area (Å²) in [5.74, 6) is 0.335. The van der Waals surface area contributed by atoms with Crippen LogP contribution in [0.5, 0.6) is 0 Å². The largest absolute Gasteiger partial charge is 0.293 e. The molecule has 0 aromatic heterocycles. The number of aryl methyl sites for hydroxylation is 1. The van der Waals surface area contributed by atoms with E-state index in [0.717, 1.165) is 4.90 Å². The van der Waals surface area contributed by atoms with E-state index in [9.17, 15) is 4.79 Å². The zero-order valence-corrected chi connectivity index (χ0v) is 12.6. The minimum absolute atomic E-state index is 0.0157. The summed E-state index contributed by atoms with van der Waals surface area (Å²) < 4.78 is 0. The van der Waals surface area contributed by atoms with Crippen LogP contribution in [-0.4, -0.2) is 11.5 Å². The molecule has 0 fully saturated rings. The van der Waals surface area contributed by atoms with Crippen LogP contribution in [0.4, 0.5) is 0 Å². The maximum atomic E-state index is 12.1. The van der Waals surface area contributed by atoms with E-state index in [-0.39, 0.29) is 5.78 Å². The van der Waals surface area contributed by atoms with Crippen LogP contribution >= 0.6 is 35.0 Å². The summed E-state index contributed by atoms with van der Waals surface area (Å²) in [5, 5.41) is 0.742. The Morgan fingerprint density at radius 1 is 1.11 bits per heavy atom. The van der Waals surface area contributed by atoms with Gasteiger partial charge in [-0.2, -0.15) is 0 Å². The molecule has 0 amide bonds. The number of rotatable bonds is 4. The molecule has 0 aliphatic carbocycles. The average molecular weight is 311 g/mol. The van der Waals surface area contributed by atoms with Crippen molar-refractivity contribution in [2.45, 2.75) is 11.8 Å². The summed E-state index contributed by atoms with van der Waals surface area (Å²) in [6.07, 6.45) is 0. The highest BCUT2D eigenvalue weighted by Gasteiger charge is 2.12. The molecule has 1 nitrogen and oxygen atoms in total. The van der Waals surface area contributed by atoms with E-state index < -0.39 is 0 Å². The van der Waals surface area contributed by atoms with Crippen LogP contribution in [0.25, 0.3) is 0 Å². The molecule has 2 aromatic carbocycles. The standard InChI is InChI=1S/C15H12Cl2OS/c1-10-5-7-11(8-6-10)19-9-14(18)12-3-2-4-13(16)15(12)17/h2-8H,9H2,1H3. The van der Waals surface area contributed by atoms with E-state index in [4.69, 9.17) is 23.2 Å². The number of hydrogen-bond acceptors (Lipinski definition) is 2. The fourth-order valence-electron chi connectivity index (χ4n) is 1.58. The van der Waals surface area contributed by atoms with Crippen LogP contribution in [0.15, 0.2) is 47.4 Å². The van der Waals surface area contributed by atoms with Gasteiger partial charge < -0.3 is 0 Å². The third-order valence-corrected chi connectivity index (χ3v) is 4.47. The van der Waals surface area contributed by atoms with Crippen LogP contribution in [0.1, 0.15) is 15.9 Å². The van der Waals surface area contributed by atoms with Gasteiger partial charge in [0.25, 0.3) is 0 Å². The Morgan fingerprint density at radius 2 is 1.79 bits per heavy atom. The van der Waals surface area contributed by atoms with Gasteiger partial charge in [0.05, 0.1) is 15.8 Å². The molecule has 0 spiro atoms. The molecule has 4 heteroatoms. The molecule has 98 valence electrons. The molecule has 0 atom stereocenters. The highest BCUT2D eigenvalue weighted by Crippen LogP contribution is 2.27. The van der Waals surface area contributed by atoms with Gasteiger partial charge in [-0.1, -0.05) is 47.0 Å². The Hall–Kier alpha value is -0.960. The van der Waals surface area contributed by atoms with E-state index in [0.29, 0.717) is 21.4 Å². The molecule has 0 aliphatic heterocycles. The van der Waals surface area contributed by atoms with Crippen LogP contribution < -0.4 is 0 Å². The fraction of sp³-hybridized carbons (Fsp3) is 0.133. The molecule has 0 bridgehead atoms. The number of ketones is 1. The number of hydrogen-bond donors (Lipinski definition) is 0. The van der Waals surface area contributed by atoms with Crippen LogP contribution in [0.3, 0.4) is 0 Å². The predicted molar refractivity (Wildman–Crippen MR) is 82.7 cm³/mol. The molecule has 0 unspecified atom stereocenters. The number of thioether (sulfide) groups is 1. The Balaban J connectivity index is 2.05. The summed E-state index contributed by atoms with van der Waals surface area (Å²) in [7, 11) is 0. The monoisotopic (exact) mass is 310 g/mol. The zero-order chi connectivity index (χ0) is 13.8. The van der Waals surface area contributed by atoms with Gasteiger partial charge in [-0.25, -0.2) is 0 Å². The number of carbonyl (C=O) groups excluding carboxylic acids is 1. The molecule has 0 aliphatic rings. The Bertz CT molecular complexity index is 594. The smallest absolute Gasteiger partial charge is 0.174 e. The second-order valence-corrected chi connectivity index (χ2v) is 5.96. The minimum atomic E-state index is -0.0157. The van der Waals surface area contributed by atoms with Crippen molar-refractivity contribution < 1.29 is 4.79 Å². The molecule has 19 heavy (non-hydrogen) atoms. The maximum absolute atomic E-state index is 12.1. The lowest BCUT2D eigenvalue weighted by molar-refractivity contribution is 0.102. The van der Waals surface area contributed by atoms with Crippen molar-refractivity contribution in [3.63, 3.8) is 0 Å². The van der Waals surface area contributed by atoms with Gasteiger partial charge in [0.15, 0.2) is 5.78 Å². The van der Waals surface area contributed by atoms with Gasteiger partial charge in [0.2, 0.25) is 0 Å². The average Bonchev–Trinajstić information content (AvgIpc) is 2.41. The maximum Gasteiger partial charge on any atom is 0.174 e. The molecule has 0 saturated heterocycles. The van der Waals surface area contributed by atoms with Crippen molar-refractivity contribution in [2.75, 3.05) is 5.75 Å². The van der Waals surface area contributed by atoms with Gasteiger partial charge in [0.1, 0.15) is 0 Å². The van der Waals surface area contributed by atoms with Crippen molar-refractivity contribution in [1.29, 1.82) is 0 Å². The SMILES string of the molecule is Cc1ccc(SCC(=O)c2cccc(Cl)c2Cl)cc1. The number of Topliss-reactive ketones (excluding diaryl/α,β-unsaturated/α-hetero) is 1. The van der Waals surface area contributed by atoms with E-state index >= 15 is 0 Å². The van der Waals surface area contributed by atoms with Crippen LogP contribution in [0, 0.1) is 6.92 Å². The van der Waals surface area contributed by atoms with Crippen LogP contribution in [-0.2, 0) is 0 Å². The topological polar surface area (TPSA) is 17.1 Å². The lowest BCUT2D eigenvalue weighted by Crippen LogP contribution is -2.03. The van der Waals surface area contributed by atoms with Gasteiger partial charge in [0, 0.05) is 10.5 Å². The third-order valence-electron chi connectivity index (χ3n) is 2.64. The molecule has 0 saturated carbocycles. The molecule has 2 rings (SSSR count). The number of carbonyl (C=O) groups is 1. The van der Waals surface area contributed by atoms with E-state index in [1.54, 1.807) is 18.2 Å². The van der Waals surface area contributed by atoms with Crippen molar-refractivity contribution in [3.05, 3.63) is 63.6 Å².